The summed E-state index contributed by atoms with van der Waals surface area (Å²) in [6.45, 7) is 3.32. The van der Waals surface area contributed by atoms with E-state index in [1.165, 1.54) is 0 Å². The Morgan fingerprint density at radius 1 is 1.21 bits per heavy atom. The summed E-state index contributed by atoms with van der Waals surface area (Å²) in [5, 5.41) is 6.31. The van der Waals surface area contributed by atoms with E-state index in [0.29, 0.717) is 23.5 Å². The van der Waals surface area contributed by atoms with Gasteiger partial charge in [-0.25, -0.2) is 4.98 Å². The summed E-state index contributed by atoms with van der Waals surface area (Å²) in [6.07, 6.45) is 5.38. The van der Waals surface area contributed by atoms with Crippen LogP contribution in [-0.2, 0) is 0 Å². The highest BCUT2D eigenvalue weighted by Gasteiger charge is 2.22. The Balaban J connectivity index is 1.63. The Morgan fingerprint density at radius 2 is 1.96 bits per heavy atom. The van der Waals surface area contributed by atoms with Gasteiger partial charge in [0.2, 0.25) is 0 Å². The molecule has 0 aliphatic carbocycles. The fourth-order valence-corrected chi connectivity index (χ4v) is 2.91. The molecule has 2 aromatic rings. The first kappa shape index (κ1) is 16.4. The van der Waals surface area contributed by atoms with Gasteiger partial charge in [-0.05, 0) is 51.1 Å². The maximum absolute atomic E-state index is 12.2. The lowest BCUT2D eigenvalue weighted by Gasteiger charge is -2.35. The summed E-state index contributed by atoms with van der Waals surface area (Å²) >= 11 is 0. The van der Waals surface area contributed by atoms with Gasteiger partial charge in [0.1, 0.15) is 11.6 Å². The minimum absolute atomic E-state index is 0.185. The Hall–Kier alpha value is -2.47. The molecule has 1 saturated heterocycles. The molecule has 2 N–H and O–H groups in total. The normalized spacial score (nSPS) is 21.2. The van der Waals surface area contributed by atoms with Crippen LogP contribution in [0, 0.1) is 0 Å². The predicted molar refractivity (Wildman–Crippen MR) is 95.2 cm³/mol. The van der Waals surface area contributed by atoms with Gasteiger partial charge in [0.05, 0.1) is 0 Å². The van der Waals surface area contributed by atoms with Crippen molar-refractivity contribution in [2.45, 2.75) is 31.8 Å². The highest BCUT2D eigenvalue weighted by atomic mass is 16.1. The molecule has 3 heterocycles. The van der Waals surface area contributed by atoms with Crippen LogP contribution in [0.3, 0.4) is 0 Å². The molecule has 0 radical (unpaired) electrons. The lowest BCUT2D eigenvalue weighted by atomic mass is 9.99. The molecule has 24 heavy (non-hydrogen) atoms. The number of hydrogen-bond donors (Lipinski definition) is 2. The molecule has 1 fully saturated rings. The number of piperidine rings is 1. The smallest absolute Gasteiger partial charge is 0.256 e. The molecule has 0 bridgehead atoms. The van der Waals surface area contributed by atoms with Crippen LogP contribution >= 0.6 is 0 Å². The molecule has 6 heteroatoms. The minimum atomic E-state index is -0.185. The quantitative estimate of drug-likeness (QED) is 0.904. The standard InChI is InChI=1S/C18H23N5O/c1-13-12-15(8-11-23(13)2)20-16-4-3-5-17(21-16)22-18(24)14-6-9-19-10-7-14/h3-7,9-10,13,15H,8,11-12H2,1-2H3,(H2,20,21,22,24). The van der Waals surface area contributed by atoms with Crippen LogP contribution in [0.25, 0.3) is 0 Å². The van der Waals surface area contributed by atoms with Gasteiger partial charge in [-0.15, -0.1) is 0 Å². The van der Waals surface area contributed by atoms with Crippen molar-refractivity contribution in [3.63, 3.8) is 0 Å². The average molecular weight is 325 g/mol. The molecule has 1 amide bonds. The summed E-state index contributed by atoms with van der Waals surface area (Å²) in [6, 6.07) is 9.96. The number of rotatable bonds is 4. The Morgan fingerprint density at radius 3 is 2.71 bits per heavy atom. The van der Waals surface area contributed by atoms with E-state index in [2.05, 4.69) is 39.5 Å². The molecule has 0 aromatic carbocycles. The molecule has 2 unspecified atom stereocenters. The van der Waals surface area contributed by atoms with Gasteiger partial charge in [-0.2, -0.15) is 0 Å². The second-order valence-corrected chi connectivity index (χ2v) is 6.29. The van der Waals surface area contributed by atoms with Crippen molar-refractivity contribution in [2.24, 2.45) is 0 Å². The minimum Gasteiger partial charge on any atom is -0.367 e. The zero-order valence-electron chi connectivity index (χ0n) is 14.1. The average Bonchev–Trinajstić information content (AvgIpc) is 2.59. The van der Waals surface area contributed by atoms with E-state index < -0.39 is 0 Å². The van der Waals surface area contributed by atoms with Crippen LogP contribution in [-0.4, -0.2) is 46.5 Å². The first-order chi connectivity index (χ1) is 11.6. The Bertz CT molecular complexity index is 691. The van der Waals surface area contributed by atoms with E-state index in [0.717, 1.165) is 25.2 Å². The predicted octanol–water partition coefficient (Wildman–Crippen LogP) is 2.62. The lowest BCUT2D eigenvalue weighted by molar-refractivity contribution is 0.102. The molecule has 1 aliphatic heterocycles. The van der Waals surface area contributed by atoms with Gasteiger partial charge in [0.15, 0.2) is 0 Å². The maximum Gasteiger partial charge on any atom is 0.256 e. The Labute approximate surface area is 142 Å². The van der Waals surface area contributed by atoms with Crippen LogP contribution < -0.4 is 10.6 Å². The van der Waals surface area contributed by atoms with Gasteiger partial charge < -0.3 is 15.5 Å². The maximum atomic E-state index is 12.2. The molecule has 6 nitrogen and oxygen atoms in total. The van der Waals surface area contributed by atoms with Gasteiger partial charge in [0.25, 0.3) is 5.91 Å². The molecular weight excluding hydrogens is 302 g/mol. The van der Waals surface area contributed by atoms with Crippen LogP contribution in [0.2, 0.25) is 0 Å². The molecule has 3 rings (SSSR count). The topological polar surface area (TPSA) is 70.1 Å². The lowest BCUT2D eigenvalue weighted by Crippen LogP contribution is -2.42. The van der Waals surface area contributed by atoms with Crippen molar-refractivity contribution in [3.05, 3.63) is 48.3 Å². The zero-order valence-corrected chi connectivity index (χ0v) is 14.1. The van der Waals surface area contributed by atoms with E-state index in [9.17, 15) is 4.79 Å². The SMILES string of the molecule is CC1CC(Nc2cccc(NC(=O)c3ccncc3)n2)CCN1C. The number of carbonyl (C=O) groups is 1. The summed E-state index contributed by atoms with van der Waals surface area (Å²) in [7, 11) is 2.16. The van der Waals surface area contributed by atoms with Crippen LogP contribution in [0.15, 0.2) is 42.7 Å². The molecule has 2 atom stereocenters. The summed E-state index contributed by atoms with van der Waals surface area (Å²) in [4.78, 5) is 23.0. The highest BCUT2D eigenvalue weighted by Crippen LogP contribution is 2.20. The van der Waals surface area contributed by atoms with Crippen LogP contribution in [0.4, 0.5) is 11.6 Å². The number of likely N-dealkylation sites (tertiary alicyclic amines) is 1. The van der Waals surface area contributed by atoms with Crippen molar-refractivity contribution < 1.29 is 4.79 Å². The summed E-state index contributed by atoms with van der Waals surface area (Å²) in [5.74, 6) is 1.15. The molecular formula is C18H23N5O. The van der Waals surface area contributed by atoms with Gasteiger partial charge >= 0.3 is 0 Å². The Kier molecular flexibility index (Phi) is 5.05. The van der Waals surface area contributed by atoms with E-state index in [4.69, 9.17) is 0 Å². The van der Waals surface area contributed by atoms with E-state index in [1.54, 1.807) is 30.6 Å². The fraction of sp³-hybridized carbons (Fsp3) is 0.389. The molecule has 2 aromatic heterocycles. The fourth-order valence-electron chi connectivity index (χ4n) is 2.91. The molecule has 0 saturated carbocycles. The third kappa shape index (κ3) is 4.08. The van der Waals surface area contributed by atoms with Gasteiger partial charge in [-0.1, -0.05) is 6.07 Å². The van der Waals surface area contributed by atoms with Crippen LogP contribution in [0.5, 0.6) is 0 Å². The largest absolute Gasteiger partial charge is 0.367 e. The summed E-state index contributed by atoms with van der Waals surface area (Å²) in [5.41, 5.74) is 0.564. The van der Waals surface area contributed by atoms with Crippen molar-refractivity contribution in [1.82, 2.24) is 14.9 Å². The zero-order chi connectivity index (χ0) is 16.9. The summed E-state index contributed by atoms with van der Waals surface area (Å²) < 4.78 is 0. The molecule has 1 aliphatic rings. The number of carbonyl (C=O) groups excluding carboxylic acids is 1. The van der Waals surface area contributed by atoms with Gasteiger partial charge in [-0.3, -0.25) is 9.78 Å². The second kappa shape index (κ2) is 7.40. The van der Waals surface area contributed by atoms with Crippen molar-refractivity contribution in [1.29, 1.82) is 0 Å². The number of nitrogens with one attached hydrogen (secondary N) is 2. The highest BCUT2D eigenvalue weighted by molar-refractivity contribution is 6.03. The number of pyridine rings is 2. The third-order valence-electron chi connectivity index (χ3n) is 4.49. The number of amides is 1. The monoisotopic (exact) mass is 325 g/mol. The number of anilines is 2. The first-order valence-corrected chi connectivity index (χ1v) is 8.27. The van der Waals surface area contributed by atoms with E-state index >= 15 is 0 Å². The van der Waals surface area contributed by atoms with E-state index in [-0.39, 0.29) is 5.91 Å². The van der Waals surface area contributed by atoms with E-state index in [1.807, 2.05) is 12.1 Å². The molecule has 0 spiro atoms. The second-order valence-electron chi connectivity index (χ2n) is 6.29. The van der Waals surface area contributed by atoms with Crippen molar-refractivity contribution >= 4 is 17.5 Å². The van der Waals surface area contributed by atoms with Crippen LogP contribution in [0.1, 0.15) is 30.1 Å². The molecule has 126 valence electrons. The number of hydrogen-bond acceptors (Lipinski definition) is 5. The number of nitrogens with zero attached hydrogens (tertiary/aromatic N) is 3. The third-order valence-corrected chi connectivity index (χ3v) is 4.49. The van der Waals surface area contributed by atoms with Crippen molar-refractivity contribution in [3.8, 4) is 0 Å². The first-order valence-electron chi connectivity index (χ1n) is 8.27. The number of aromatic nitrogens is 2. The van der Waals surface area contributed by atoms with Gasteiger partial charge in [0, 0.05) is 36.6 Å². The van der Waals surface area contributed by atoms with Crippen molar-refractivity contribution in [2.75, 3.05) is 24.2 Å².